The molecule has 0 amide bonds. The lowest BCUT2D eigenvalue weighted by Crippen LogP contribution is -2.16. The molecule has 1 unspecified atom stereocenters. The number of hydrogen-bond donors (Lipinski definition) is 1. The average molecular weight is 259 g/mol. The van der Waals surface area contributed by atoms with Crippen LogP contribution in [-0.2, 0) is 4.74 Å². The molecule has 1 fully saturated rings. The van der Waals surface area contributed by atoms with Crippen molar-refractivity contribution in [1.82, 2.24) is 10.1 Å². The second-order valence-corrected chi connectivity index (χ2v) is 4.89. The van der Waals surface area contributed by atoms with Crippen molar-refractivity contribution in [3.8, 4) is 11.5 Å². The zero-order valence-corrected chi connectivity index (χ0v) is 10.9. The predicted octanol–water partition coefficient (Wildman–Crippen LogP) is 2.52. The molecule has 0 aliphatic carbocycles. The van der Waals surface area contributed by atoms with E-state index in [-0.39, 0.29) is 5.92 Å². The number of benzene rings is 1. The molecule has 5 nitrogen and oxygen atoms in total. The van der Waals surface area contributed by atoms with Gasteiger partial charge in [-0.1, -0.05) is 11.2 Å². The first-order valence-corrected chi connectivity index (χ1v) is 6.52. The first kappa shape index (κ1) is 12.2. The summed E-state index contributed by atoms with van der Waals surface area (Å²) in [6.45, 7) is 3.46. The number of nitrogens with two attached hydrogens (primary N) is 1. The van der Waals surface area contributed by atoms with Crippen molar-refractivity contribution in [3.63, 3.8) is 0 Å². The molecule has 1 aromatic carbocycles. The fourth-order valence-corrected chi connectivity index (χ4v) is 2.34. The Labute approximate surface area is 111 Å². The van der Waals surface area contributed by atoms with Crippen LogP contribution in [-0.4, -0.2) is 23.4 Å². The van der Waals surface area contributed by atoms with Crippen LogP contribution in [0.15, 0.2) is 22.7 Å². The van der Waals surface area contributed by atoms with Crippen LogP contribution in [0.4, 0.5) is 5.69 Å². The molecule has 2 aromatic rings. The zero-order chi connectivity index (χ0) is 13.2. The maximum atomic E-state index is 5.90. The van der Waals surface area contributed by atoms with Gasteiger partial charge in [0.05, 0.1) is 6.61 Å². The van der Waals surface area contributed by atoms with Gasteiger partial charge >= 0.3 is 0 Å². The van der Waals surface area contributed by atoms with Crippen LogP contribution >= 0.6 is 0 Å². The summed E-state index contributed by atoms with van der Waals surface area (Å²) in [7, 11) is 0. The van der Waals surface area contributed by atoms with Crippen LogP contribution in [0.5, 0.6) is 0 Å². The Bertz CT molecular complexity index is 574. The van der Waals surface area contributed by atoms with E-state index in [1.807, 2.05) is 25.1 Å². The van der Waals surface area contributed by atoms with Gasteiger partial charge in [0.15, 0.2) is 5.82 Å². The molecule has 1 aliphatic rings. The lowest BCUT2D eigenvalue weighted by atomic mass is 10.0. The molecule has 0 bridgehead atoms. The Morgan fingerprint density at radius 1 is 1.37 bits per heavy atom. The summed E-state index contributed by atoms with van der Waals surface area (Å²) in [5, 5.41) is 4.08. The molecule has 19 heavy (non-hydrogen) atoms. The minimum atomic E-state index is 0.243. The van der Waals surface area contributed by atoms with Gasteiger partial charge in [0.1, 0.15) is 0 Å². The van der Waals surface area contributed by atoms with Gasteiger partial charge in [0, 0.05) is 23.8 Å². The summed E-state index contributed by atoms with van der Waals surface area (Å²) in [6, 6.07) is 5.71. The Kier molecular flexibility index (Phi) is 3.21. The summed E-state index contributed by atoms with van der Waals surface area (Å²) in [5.41, 5.74) is 8.50. The number of ether oxygens (including phenoxy) is 1. The van der Waals surface area contributed by atoms with Crippen LogP contribution in [0.25, 0.3) is 11.5 Å². The second-order valence-electron chi connectivity index (χ2n) is 4.89. The van der Waals surface area contributed by atoms with E-state index in [0.29, 0.717) is 12.5 Å². The average Bonchev–Trinajstić information content (AvgIpc) is 2.92. The molecule has 0 spiro atoms. The number of hydrogen-bond acceptors (Lipinski definition) is 5. The maximum Gasteiger partial charge on any atom is 0.258 e. The number of nitrogen functional groups attached to an aromatic ring is 1. The van der Waals surface area contributed by atoms with Crippen LogP contribution in [0, 0.1) is 6.92 Å². The van der Waals surface area contributed by atoms with Crippen LogP contribution in [0.2, 0.25) is 0 Å². The highest BCUT2D eigenvalue weighted by Gasteiger charge is 2.22. The first-order valence-electron chi connectivity index (χ1n) is 6.52. The van der Waals surface area contributed by atoms with Crippen LogP contribution < -0.4 is 5.73 Å². The molecule has 100 valence electrons. The van der Waals surface area contributed by atoms with E-state index < -0.39 is 0 Å². The van der Waals surface area contributed by atoms with Crippen molar-refractivity contribution in [3.05, 3.63) is 29.6 Å². The van der Waals surface area contributed by atoms with Gasteiger partial charge in [0.2, 0.25) is 0 Å². The summed E-state index contributed by atoms with van der Waals surface area (Å²) >= 11 is 0. The topological polar surface area (TPSA) is 74.2 Å². The third-order valence-corrected chi connectivity index (χ3v) is 3.57. The molecule has 1 aliphatic heterocycles. The van der Waals surface area contributed by atoms with Crippen molar-refractivity contribution < 1.29 is 9.26 Å². The summed E-state index contributed by atoms with van der Waals surface area (Å²) in [5.74, 6) is 1.51. The smallest absolute Gasteiger partial charge is 0.258 e. The third kappa shape index (κ3) is 2.33. The van der Waals surface area contributed by atoms with Gasteiger partial charge in [-0.25, -0.2) is 0 Å². The molecule has 1 aromatic heterocycles. The summed E-state index contributed by atoms with van der Waals surface area (Å²) in [4.78, 5) is 4.49. The second kappa shape index (κ2) is 5.01. The van der Waals surface area contributed by atoms with Crippen LogP contribution in [0.1, 0.15) is 30.1 Å². The minimum Gasteiger partial charge on any atom is -0.398 e. The van der Waals surface area contributed by atoms with Crippen molar-refractivity contribution in [1.29, 1.82) is 0 Å². The van der Waals surface area contributed by atoms with Gasteiger partial charge in [0.25, 0.3) is 5.89 Å². The van der Waals surface area contributed by atoms with Gasteiger partial charge in [-0.3, -0.25) is 0 Å². The Balaban J connectivity index is 1.90. The van der Waals surface area contributed by atoms with E-state index in [1.54, 1.807) is 0 Å². The van der Waals surface area contributed by atoms with E-state index >= 15 is 0 Å². The molecule has 1 atom stereocenters. The Morgan fingerprint density at radius 2 is 2.26 bits per heavy atom. The standard InChI is InChI=1S/C14H17N3O2/c1-9-11(5-2-6-12(9)15)14-16-13(17-19-14)10-4-3-7-18-8-10/h2,5-6,10H,3-4,7-8,15H2,1H3. The SMILES string of the molecule is Cc1c(N)cccc1-c1nc(C2CCCOC2)no1. The molecule has 2 N–H and O–H groups in total. The maximum absolute atomic E-state index is 5.90. The lowest BCUT2D eigenvalue weighted by molar-refractivity contribution is 0.0773. The van der Waals surface area contributed by atoms with Gasteiger partial charge in [-0.15, -0.1) is 0 Å². The molecular formula is C14H17N3O2. The number of aromatic nitrogens is 2. The molecule has 0 saturated carbocycles. The lowest BCUT2D eigenvalue weighted by Gasteiger charge is -2.18. The molecule has 0 radical (unpaired) electrons. The third-order valence-electron chi connectivity index (χ3n) is 3.57. The van der Waals surface area contributed by atoms with E-state index in [1.165, 1.54) is 0 Å². The highest BCUT2D eigenvalue weighted by Crippen LogP contribution is 2.28. The van der Waals surface area contributed by atoms with Crippen molar-refractivity contribution in [2.45, 2.75) is 25.7 Å². The normalized spacial score (nSPS) is 19.5. The van der Waals surface area contributed by atoms with Gasteiger partial charge in [-0.2, -0.15) is 4.98 Å². The monoisotopic (exact) mass is 259 g/mol. The Morgan fingerprint density at radius 3 is 3.05 bits per heavy atom. The summed E-state index contributed by atoms with van der Waals surface area (Å²) < 4.78 is 10.8. The van der Waals surface area contributed by atoms with Crippen molar-refractivity contribution >= 4 is 5.69 Å². The zero-order valence-electron chi connectivity index (χ0n) is 10.9. The number of nitrogens with zero attached hydrogens (tertiary/aromatic N) is 2. The van der Waals surface area contributed by atoms with E-state index in [9.17, 15) is 0 Å². The fourth-order valence-electron chi connectivity index (χ4n) is 2.34. The van der Waals surface area contributed by atoms with Gasteiger partial charge < -0.3 is 15.0 Å². The number of rotatable bonds is 2. The van der Waals surface area contributed by atoms with Crippen molar-refractivity contribution in [2.24, 2.45) is 0 Å². The number of anilines is 1. The summed E-state index contributed by atoms with van der Waals surface area (Å²) in [6.07, 6.45) is 2.10. The highest BCUT2D eigenvalue weighted by molar-refractivity contribution is 5.66. The van der Waals surface area contributed by atoms with Crippen molar-refractivity contribution in [2.75, 3.05) is 18.9 Å². The van der Waals surface area contributed by atoms with E-state index in [0.717, 1.165) is 42.1 Å². The quantitative estimate of drug-likeness (QED) is 0.839. The van der Waals surface area contributed by atoms with Gasteiger partial charge in [-0.05, 0) is 37.5 Å². The minimum absolute atomic E-state index is 0.243. The Hall–Kier alpha value is -1.88. The molecular weight excluding hydrogens is 242 g/mol. The molecule has 1 saturated heterocycles. The predicted molar refractivity (Wildman–Crippen MR) is 71.7 cm³/mol. The van der Waals surface area contributed by atoms with E-state index in [2.05, 4.69) is 10.1 Å². The van der Waals surface area contributed by atoms with Crippen LogP contribution in [0.3, 0.4) is 0 Å². The van der Waals surface area contributed by atoms with E-state index in [4.69, 9.17) is 15.0 Å². The fraction of sp³-hybridized carbons (Fsp3) is 0.429. The largest absolute Gasteiger partial charge is 0.398 e. The molecule has 2 heterocycles. The molecule has 3 rings (SSSR count). The highest BCUT2D eigenvalue weighted by atomic mass is 16.5. The molecule has 5 heteroatoms. The first-order chi connectivity index (χ1) is 9.25.